The van der Waals surface area contributed by atoms with Crippen LogP contribution in [0.1, 0.15) is 18.2 Å². The minimum absolute atomic E-state index is 0. The minimum Gasteiger partial charge on any atom is -0.497 e. The molecule has 2 aromatic carbocycles. The zero-order valence-corrected chi connectivity index (χ0v) is 17.3. The van der Waals surface area contributed by atoms with Crippen molar-refractivity contribution < 1.29 is 9.15 Å². The minimum atomic E-state index is 0. The molecule has 0 aliphatic rings. The van der Waals surface area contributed by atoms with Crippen LogP contribution < -0.4 is 15.4 Å². The quantitative estimate of drug-likeness (QED) is 0.324. The molecule has 138 valence electrons. The standard InChI is InChI=1S/C20H23N3O2.HI/c1-3-21-20(23-14-19-5-4-10-25-19)22-13-15-6-7-17-12-18(24-2)9-8-16(17)11-15;/h4-12H,3,13-14H2,1-2H3,(H2,21,22,23);1H. The van der Waals surface area contributed by atoms with Crippen LogP contribution in [0.15, 0.2) is 64.2 Å². The zero-order valence-electron chi connectivity index (χ0n) is 15.0. The van der Waals surface area contributed by atoms with E-state index in [0.29, 0.717) is 13.1 Å². The van der Waals surface area contributed by atoms with Gasteiger partial charge in [-0.1, -0.05) is 18.2 Å². The smallest absolute Gasteiger partial charge is 0.191 e. The second kappa shape index (κ2) is 10.1. The Hall–Kier alpha value is -2.22. The Morgan fingerprint density at radius 3 is 2.62 bits per heavy atom. The molecule has 0 fully saturated rings. The van der Waals surface area contributed by atoms with Crippen LogP contribution in [0.25, 0.3) is 10.8 Å². The number of aliphatic imine (C=N–C) groups is 1. The number of guanidine groups is 1. The fourth-order valence-corrected chi connectivity index (χ4v) is 2.59. The van der Waals surface area contributed by atoms with Crippen LogP contribution in [0.5, 0.6) is 5.75 Å². The first kappa shape index (κ1) is 20.1. The first-order valence-corrected chi connectivity index (χ1v) is 8.39. The highest BCUT2D eigenvalue weighted by atomic mass is 127. The van der Waals surface area contributed by atoms with Gasteiger partial charge in [-0.25, -0.2) is 4.99 Å². The van der Waals surface area contributed by atoms with Crippen molar-refractivity contribution in [1.29, 1.82) is 0 Å². The highest BCUT2D eigenvalue weighted by molar-refractivity contribution is 14.0. The normalized spacial score (nSPS) is 11.1. The Morgan fingerprint density at radius 1 is 1.08 bits per heavy atom. The van der Waals surface area contributed by atoms with Gasteiger partial charge in [0.1, 0.15) is 11.5 Å². The van der Waals surface area contributed by atoms with Crippen molar-refractivity contribution in [1.82, 2.24) is 10.6 Å². The van der Waals surface area contributed by atoms with Gasteiger partial charge >= 0.3 is 0 Å². The average molecular weight is 465 g/mol. The Labute approximate surface area is 170 Å². The highest BCUT2D eigenvalue weighted by Crippen LogP contribution is 2.22. The van der Waals surface area contributed by atoms with E-state index in [1.54, 1.807) is 13.4 Å². The third kappa shape index (κ3) is 5.39. The van der Waals surface area contributed by atoms with Gasteiger partial charge in [-0.15, -0.1) is 24.0 Å². The number of nitrogens with one attached hydrogen (secondary N) is 2. The van der Waals surface area contributed by atoms with E-state index in [1.807, 2.05) is 31.2 Å². The van der Waals surface area contributed by atoms with Crippen LogP contribution in [0.3, 0.4) is 0 Å². The molecule has 3 aromatic rings. The molecule has 0 aliphatic carbocycles. The Bertz CT molecular complexity index is 847. The molecular formula is C20H24IN3O2. The van der Waals surface area contributed by atoms with E-state index in [2.05, 4.69) is 39.9 Å². The molecule has 2 N–H and O–H groups in total. The average Bonchev–Trinajstić information content (AvgIpc) is 3.17. The van der Waals surface area contributed by atoms with Gasteiger partial charge in [-0.3, -0.25) is 0 Å². The van der Waals surface area contributed by atoms with Crippen molar-refractivity contribution in [3.05, 3.63) is 66.1 Å². The van der Waals surface area contributed by atoms with Crippen LogP contribution in [-0.4, -0.2) is 19.6 Å². The third-order valence-corrected chi connectivity index (χ3v) is 3.89. The van der Waals surface area contributed by atoms with Crippen LogP contribution >= 0.6 is 24.0 Å². The molecule has 0 radical (unpaired) electrons. The molecule has 6 heteroatoms. The van der Waals surface area contributed by atoms with E-state index < -0.39 is 0 Å². The van der Waals surface area contributed by atoms with Crippen molar-refractivity contribution in [2.75, 3.05) is 13.7 Å². The van der Waals surface area contributed by atoms with Gasteiger partial charge in [0.2, 0.25) is 0 Å². The second-order valence-electron chi connectivity index (χ2n) is 5.68. The monoisotopic (exact) mass is 465 g/mol. The van der Waals surface area contributed by atoms with Crippen LogP contribution in [-0.2, 0) is 13.1 Å². The number of hydrogen-bond acceptors (Lipinski definition) is 3. The first-order chi connectivity index (χ1) is 12.3. The molecule has 0 bridgehead atoms. The van der Waals surface area contributed by atoms with Gasteiger partial charge in [0.15, 0.2) is 5.96 Å². The number of nitrogens with zero attached hydrogens (tertiary/aromatic N) is 1. The summed E-state index contributed by atoms with van der Waals surface area (Å²) in [4.78, 5) is 4.65. The third-order valence-electron chi connectivity index (χ3n) is 3.89. The molecule has 3 rings (SSSR count). The molecule has 0 saturated carbocycles. The van der Waals surface area contributed by atoms with E-state index in [1.165, 1.54) is 5.39 Å². The molecule has 5 nitrogen and oxygen atoms in total. The molecular weight excluding hydrogens is 441 g/mol. The molecule has 1 aromatic heterocycles. The van der Waals surface area contributed by atoms with Crippen LogP contribution in [0.4, 0.5) is 0 Å². The van der Waals surface area contributed by atoms with Gasteiger partial charge < -0.3 is 19.8 Å². The van der Waals surface area contributed by atoms with Crippen molar-refractivity contribution in [3.8, 4) is 5.75 Å². The van der Waals surface area contributed by atoms with Crippen molar-refractivity contribution in [3.63, 3.8) is 0 Å². The van der Waals surface area contributed by atoms with Crippen LogP contribution in [0, 0.1) is 0 Å². The summed E-state index contributed by atoms with van der Waals surface area (Å²) in [6, 6.07) is 16.3. The zero-order chi connectivity index (χ0) is 17.5. The molecule has 0 atom stereocenters. The number of ether oxygens (including phenoxy) is 1. The number of benzene rings is 2. The predicted octanol–water partition coefficient (Wildman–Crippen LogP) is 4.31. The molecule has 26 heavy (non-hydrogen) atoms. The van der Waals surface area contributed by atoms with Crippen molar-refractivity contribution >= 4 is 40.7 Å². The summed E-state index contributed by atoms with van der Waals surface area (Å²) in [5.41, 5.74) is 1.16. The van der Waals surface area contributed by atoms with Crippen molar-refractivity contribution in [2.24, 2.45) is 4.99 Å². The van der Waals surface area contributed by atoms with Gasteiger partial charge in [-0.2, -0.15) is 0 Å². The largest absolute Gasteiger partial charge is 0.497 e. The van der Waals surface area contributed by atoms with Crippen molar-refractivity contribution in [2.45, 2.75) is 20.0 Å². The Kier molecular flexibility index (Phi) is 7.77. The maximum atomic E-state index is 5.34. The lowest BCUT2D eigenvalue weighted by molar-refractivity contribution is 0.415. The number of rotatable bonds is 6. The lowest BCUT2D eigenvalue weighted by Crippen LogP contribution is -2.36. The summed E-state index contributed by atoms with van der Waals surface area (Å²) in [5.74, 6) is 2.52. The van der Waals surface area contributed by atoms with E-state index >= 15 is 0 Å². The maximum absolute atomic E-state index is 5.34. The number of halogens is 1. The van der Waals surface area contributed by atoms with Gasteiger partial charge in [0.25, 0.3) is 0 Å². The summed E-state index contributed by atoms with van der Waals surface area (Å²) in [7, 11) is 1.68. The summed E-state index contributed by atoms with van der Waals surface area (Å²) in [6.07, 6.45) is 1.67. The van der Waals surface area contributed by atoms with E-state index in [-0.39, 0.29) is 24.0 Å². The van der Waals surface area contributed by atoms with E-state index in [9.17, 15) is 0 Å². The number of fused-ring (bicyclic) bond motifs is 1. The lowest BCUT2D eigenvalue weighted by Gasteiger charge is -2.10. The summed E-state index contributed by atoms with van der Waals surface area (Å²) >= 11 is 0. The summed E-state index contributed by atoms with van der Waals surface area (Å²) in [5, 5.41) is 8.87. The fourth-order valence-electron chi connectivity index (χ4n) is 2.59. The lowest BCUT2D eigenvalue weighted by atomic mass is 10.1. The topological polar surface area (TPSA) is 58.8 Å². The molecule has 0 spiro atoms. The number of hydrogen-bond donors (Lipinski definition) is 2. The SMILES string of the molecule is CCNC(=NCc1ccc2cc(OC)ccc2c1)NCc1ccco1.I. The maximum Gasteiger partial charge on any atom is 0.191 e. The predicted molar refractivity (Wildman–Crippen MR) is 116 cm³/mol. The molecule has 0 aliphatic heterocycles. The first-order valence-electron chi connectivity index (χ1n) is 8.39. The fraction of sp³-hybridized carbons (Fsp3) is 0.250. The second-order valence-corrected chi connectivity index (χ2v) is 5.68. The Balaban J connectivity index is 0.00000243. The molecule has 0 saturated heterocycles. The molecule has 1 heterocycles. The molecule has 0 amide bonds. The highest BCUT2D eigenvalue weighted by Gasteiger charge is 2.02. The van der Waals surface area contributed by atoms with Gasteiger partial charge in [0.05, 0.1) is 26.5 Å². The Morgan fingerprint density at radius 2 is 1.88 bits per heavy atom. The van der Waals surface area contributed by atoms with Crippen LogP contribution in [0.2, 0.25) is 0 Å². The van der Waals surface area contributed by atoms with E-state index in [4.69, 9.17) is 9.15 Å². The van der Waals surface area contributed by atoms with E-state index in [0.717, 1.165) is 35.0 Å². The van der Waals surface area contributed by atoms with Gasteiger partial charge in [0, 0.05) is 6.54 Å². The summed E-state index contributed by atoms with van der Waals surface area (Å²) < 4.78 is 10.6. The summed E-state index contributed by atoms with van der Waals surface area (Å²) in [6.45, 7) is 4.07. The number of methoxy groups -OCH3 is 1. The van der Waals surface area contributed by atoms with Gasteiger partial charge in [-0.05, 0) is 53.6 Å². The number of furan rings is 1. The molecule has 0 unspecified atom stereocenters.